The highest BCUT2D eigenvalue weighted by atomic mass is 16.7. The first-order valence-electron chi connectivity index (χ1n) is 7.80. The van der Waals surface area contributed by atoms with Gasteiger partial charge in [-0.05, 0) is 57.4 Å². The van der Waals surface area contributed by atoms with Crippen molar-refractivity contribution in [2.75, 3.05) is 0 Å². The zero-order chi connectivity index (χ0) is 16.5. The van der Waals surface area contributed by atoms with E-state index in [1.807, 2.05) is 54.6 Å². The fourth-order valence-electron chi connectivity index (χ4n) is 2.29. The SMILES string of the molecule is CC1(C)OB(c2ccc(/N=N/c3ccccc3)cc2)OC1(C)C. The first-order chi connectivity index (χ1) is 10.9. The molecule has 118 valence electrons. The Morgan fingerprint density at radius 1 is 0.696 bits per heavy atom. The van der Waals surface area contributed by atoms with Gasteiger partial charge in [-0.3, -0.25) is 0 Å². The van der Waals surface area contributed by atoms with Crippen LogP contribution >= 0.6 is 0 Å². The summed E-state index contributed by atoms with van der Waals surface area (Å²) in [4.78, 5) is 0. The van der Waals surface area contributed by atoms with E-state index in [9.17, 15) is 0 Å². The Bertz CT molecular complexity index is 681. The second-order valence-electron chi connectivity index (χ2n) is 6.72. The van der Waals surface area contributed by atoms with Crippen LogP contribution in [0.3, 0.4) is 0 Å². The largest absolute Gasteiger partial charge is 0.494 e. The van der Waals surface area contributed by atoms with Crippen molar-refractivity contribution in [3.63, 3.8) is 0 Å². The van der Waals surface area contributed by atoms with Gasteiger partial charge in [0, 0.05) is 0 Å². The molecule has 0 saturated carbocycles. The highest BCUT2D eigenvalue weighted by molar-refractivity contribution is 6.62. The molecule has 1 fully saturated rings. The summed E-state index contributed by atoms with van der Waals surface area (Å²) in [7, 11) is -0.347. The molecule has 2 aromatic carbocycles. The summed E-state index contributed by atoms with van der Waals surface area (Å²) >= 11 is 0. The maximum absolute atomic E-state index is 6.04. The number of hydrogen-bond acceptors (Lipinski definition) is 4. The molecule has 0 aliphatic carbocycles. The lowest BCUT2D eigenvalue weighted by molar-refractivity contribution is 0.00578. The quantitative estimate of drug-likeness (QED) is 0.623. The number of nitrogens with zero attached hydrogens (tertiary/aromatic N) is 2. The summed E-state index contributed by atoms with van der Waals surface area (Å²) in [6.45, 7) is 8.20. The molecule has 0 atom stereocenters. The first kappa shape index (κ1) is 15.9. The van der Waals surface area contributed by atoms with Crippen LogP contribution in [0, 0.1) is 0 Å². The normalized spacial score (nSPS) is 19.4. The van der Waals surface area contributed by atoms with Crippen LogP contribution in [0.2, 0.25) is 0 Å². The molecule has 23 heavy (non-hydrogen) atoms. The lowest BCUT2D eigenvalue weighted by Crippen LogP contribution is -2.41. The molecule has 1 saturated heterocycles. The summed E-state index contributed by atoms with van der Waals surface area (Å²) in [5, 5.41) is 8.46. The Hall–Kier alpha value is -1.98. The van der Waals surface area contributed by atoms with Gasteiger partial charge in [-0.1, -0.05) is 30.3 Å². The predicted molar refractivity (Wildman–Crippen MR) is 92.8 cm³/mol. The van der Waals surface area contributed by atoms with Crippen molar-refractivity contribution >= 4 is 24.0 Å². The molecular formula is C18H21BN2O2. The molecule has 0 unspecified atom stereocenters. The number of azo groups is 1. The Balaban J connectivity index is 1.72. The second-order valence-corrected chi connectivity index (χ2v) is 6.72. The smallest absolute Gasteiger partial charge is 0.399 e. The maximum atomic E-state index is 6.04. The third-order valence-electron chi connectivity index (χ3n) is 4.46. The van der Waals surface area contributed by atoms with Crippen molar-refractivity contribution < 1.29 is 9.31 Å². The Kier molecular flexibility index (Phi) is 4.09. The topological polar surface area (TPSA) is 43.2 Å². The van der Waals surface area contributed by atoms with E-state index in [1.165, 1.54) is 0 Å². The highest BCUT2D eigenvalue weighted by Crippen LogP contribution is 2.36. The summed E-state index contributed by atoms with van der Waals surface area (Å²) < 4.78 is 12.1. The molecule has 1 aliphatic rings. The van der Waals surface area contributed by atoms with Gasteiger partial charge in [0.2, 0.25) is 0 Å². The molecule has 0 N–H and O–H groups in total. The highest BCUT2D eigenvalue weighted by Gasteiger charge is 2.51. The van der Waals surface area contributed by atoms with Crippen molar-refractivity contribution in [2.45, 2.75) is 38.9 Å². The average Bonchev–Trinajstić information content (AvgIpc) is 2.75. The summed E-state index contributed by atoms with van der Waals surface area (Å²) in [6, 6.07) is 17.5. The monoisotopic (exact) mass is 308 g/mol. The fraction of sp³-hybridized carbons (Fsp3) is 0.333. The summed E-state index contributed by atoms with van der Waals surface area (Å²) in [5.74, 6) is 0. The molecule has 0 bridgehead atoms. The molecule has 4 nitrogen and oxygen atoms in total. The van der Waals surface area contributed by atoms with Gasteiger partial charge in [-0.25, -0.2) is 0 Å². The van der Waals surface area contributed by atoms with Crippen LogP contribution in [0.5, 0.6) is 0 Å². The molecule has 0 spiro atoms. The Morgan fingerprint density at radius 3 is 1.70 bits per heavy atom. The minimum Gasteiger partial charge on any atom is -0.399 e. The standard InChI is InChI=1S/C18H21BN2O2/c1-17(2)18(3,4)23-19(22-17)14-10-12-16(13-11-14)21-20-15-8-6-5-7-9-15/h5-13H,1-4H3/b21-20+. The molecular weight excluding hydrogens is 287 g/mol. The van der Waals surface area contributed by atoms with Crippen LogP contribution in [0.15, 0.2) is 64.8 Å². The number of hydrogen-bond donors (Lipinski definition) is 0. The number of benzene rings is 2. The summed E-state index contributed by atoms with van der Waals surface area (Å²) in [6.07, 6.45) is 0. The van der Waals surface area contributed by atoms with Gasteiger partial charge in [0.25, 0.3) is 0 Å². The molecule has 1 heterocycles. The maximum Gasteiger partial charge on any atom is 0.494 e. The van der Waals surface area contributed by atoms with Gasteiger partial charge < -0.3 is 9.31 Å². The van der Waals surface area contributed by atoms with Crippen molar-refractivity contribution in [3.8, 4) is 0 Å². The molecule has 1 aliphatic heterocycles. The lowest BCUT2D eigenvalue weighted by atomic mass is 9.79. The minimum atomic E-state index is -0.347. The van der Waals surface area contributed by atoms with E-state index in [4.69, 9.17) is 9.31 Å². The van der Waals surface area contributed by atoms with E-state index in [-0.39, 0.29) is 18.3 Å². The molecule has 2 aromatic rings. The minimum absolute atomic E-state index is 0.330. The summed E-state index contributed by atoms with van der Waals surface area (Å²) in [5.41, 5.74) is 1.96. The van der Waals surface area contributed by atoms with Crippen molar-refractivity contribution in [1.82, 2.24) is 0 Å². The van der Waals surface area contributed by atoms with E-state index < -0.39 is 0 Å². The van der Waals surface area contributed by atoms with E-state index in [2.05, 4.69) is 37.9 Å². The molecule has 0 amide bonds. The van der Waals surface area contributed by atoms with Gasteiger partial charge in [0.15, 0.2) is 0 Å². The third-order valence-corrected chi connectivity index (χ3v) is 4.46. The second kappa shape index (κ2) is 5.91. The van der Waals surface area contributed by atoms with Crippen molar-refractivity contribution in [3.05, 3.63) is 54.6 Å². The zero-order valence-electron chi connectivity index (χ0n) is 14.0. The van der Waals surface area contributed by atoms with Gasteiger partial charge in [-0.15, -0.1) is 0 Å². The number of rotatable bonds is 3. The Morgan fingerprint density at radius 2 is 1.17 bits per heavy atom. The molecule has 5 heteroatoms. The van der Waals surface area contributed by atoms with Gasteiger partial charge in [-0.2, -0.15) is 10.2 Å². The van der Waals surface area contributed by atoms with Crippen LogP contribution in [-0.4, -0.2) is 18.3 Å². The predicted octanol–water partition coefficient (Wildman–Crippen LogP) is 4.40. The average molecular weight is 308 g/mol. The van der Waals surface area contributed by atoms with Crippen LogP contribution in [0.4, 0.5) is 11.4 Å². The van der Waals surface area contributed by atoms with Crippen LogP contribution < -0.4 is 5.46 Å². The van der Waals surface area contributed by atoms with Crippen LogP contribution in [0.1, 0.15) is 27.7 Å². The van der Waals surface area contributed by atoms with Gasteiger partial charge >= 0.3 is 7.12 Å². The van der Waals surface area contributed by atoms with E-state index in [0.29, 0.717) is 0 Å². The van der Waals surface area contributed by atoms with Crippen LogP contribution in [0.25, 0.3) is 0 Å². The van der Waals surface area contributed by atoms with E-state index in [1.54, 1.807) is 0 Å². The molecule has 3 rings (SSSR count). The van der Waals surface area contributed by atoms with Crippen molar-refractivity contribution in [1.29, 1.82) is 0 Å². The third kappa shape index (κ3) is 3.36. The molecule has 0 aromatic heterocycles. The van der Waals surface area contributed by atoms with Gasteiger partial charge in [0.05, 0.1) is 22.6 Å². The fourth-order valence-corrected chi connectivity index (χ4v) is 2.29. The zero-order valence-corrected chi connectivity index (χ0v) is 14.0. The lowest BCUT2D eigenvalue weighted by Gasteiger charge is -2.32. The van der Waals surface area contributed by atoms with E-state index in [0.717, 1.165) is 16.8 Å². The van der Waals surface area contributed by atoms with Gasteiger partial charge in [0.1, 0.15) is 0 Å². The van der Waals surface area contributed by atoms with Crippen LogP contribution in [-0.2, 0) is 9.31 Å². The molecule has 0 radical (unpaired) electrons. The first-order valence-corrected chi connectivity index (χ1v) is 7.80. The Labute approximate surface area is 137 Å². The van der Waals surface area contributed by atoms with E-state index >= 15 is 0 Å². The van der Waals surface area contributed by atoms with Crippen molar-refractivity contribution in [2.24, 2.45) is 10.2 Å².